The fourth-order valence-corrected chi connectivity index (χ4v) is 5.04. The number of anilines is 1. The molecule has 0 unspecified atom stereocenters. The minimum absolute atomic E-state index is 0.108. The molecule has 1 aliphatic rings. The van der Waals surface area contributed by atoms with Gasteiger partial charge in [0.15, 0.2) is 5.11 Å². The van der Waals surface area contributed by atoms with Crippen molar-refractivity contribution in [3.8, 4) is 17.2 Å². The number of para-hydroxylation sites is 2. The molecule has 3 heterocycles. The van der Waals surface area contributed by atoms with Gasteiger partial charge in [-0.05, 0) is 85.0 Å². The van der Waals surface area contributed by atoms with Crippen LogP contribution in [0.25, 0.3) is 5.69 Å². The van der Waals surface area contributed by atoms with E-state index in [2.05, 4.69) is 74.5 Å². The molecule has 0 bridgehead atoms. The van der Waals surface area contributed by atoms with Gasteiger partial charge in [0.1, 0.15) is 17.5 Å². The Bertz CT molecular complexity index is 1450. The molecular weight excluding hydrogens is 464 g/mol. The molecule has 176 valence electrons. The Labute approximate surface area is 215 Å². The monoisotopic (exact) mass is 488 g/mol. The lowest BCUT2D eigenvalue weighted by Gasteiger charge is -2.29. The number of ether oxygens (including phenoxy) is 1. The van der Waals surface area contributed by atoms with E-state index in [1.165, 1.54) is 0 Å². The number of thiocarbonyl (C=S) groups is 1. The van der Waals surface area contributed by atoms with Crippen LogP contribution >= 0.6 is 12.2 Å². The number of benzene rings is 3. The van der Waals surface area contributed by atoms with Gasteiger partial charge in [0, 0.05) is 29.5 Å². The summed E-state index contributed by atoms with van der Waals surface area (Å²) in [7, 11) is 0. The average Bonchev–Trinajstić information content (AvgIpc) is 3.55. The Morgan fingerprint density at radius 1 is 0.694 bits per heavy atom. The fraction of sp³-hybridized carbons (Fsp3) is 0.0667. The summed E-state index contributed by atoms with van der Waals surface area (Å²) in [5.74, 6) is 1.57. The number of nitrogens with zero attached hydrogens (tertiary/aromatic N) is 3. The largest absolute Gasteiger partial charge is 0.457 e. The van der Waals surface area contributed by atoms with Crippen LogP contribution in [0, 0.1) is 0 Å². The molecule has 1 N–H and O–H groups in total. The minimum Gasteiger partial charge on any atom is -0.457 e. The summed E-state index contributed by atoms with van der Waals surface area (Å²) < 4.78 is 8.23. The highest BCUT2D eigenvalue weighted by atomic mass is 32.1. The van der Waals surface area contributed by atoms with Crippen LogP contribution < -0.4 is 15.0 Å². The van der Waals surface area contributed by atoms with Crippen molar-refractivity contribution >= 4 is 23.0 Å². The molecule has 36 heavy (non-hydrogen) atoms. The average molecular weight is 489 g/mol. The first-order valence-corrected chi connectivity index (χ1v) is 12.2. The first-order valence-electron chi connectivity index (χ1n) is 11.8. The van der Waals surface area contributed by atoms with E-state index in [-0.39, 0.29) is 12.1 Å². The Morgan fingerprint density at radius 2 is 1.39 bits per heavy atom. The zero-order chi connectivity index (χ0) is 24.3. The normalized spacial score (nSPS) is 17.1. The third kappa shape index (κ3) is 4.23. The molecule has 3 aromatic carbocycles. The zero-order valence-electron chi connectivity index (χ0n) is 19.4. The van der Waals surface area contributed by atoms with E-state index in [1.807, 2.05) is 72.9 Å². The summed E-state index contributed by atoms with van der Waals surface area (Å²) in [4.78, 5) is 6.85. The van der Waals surface area contributed by atoms with Crippen molar-refractivity contribution in [3.63, 3.8) is 0 Å². The lowest BCUT2D eigenvalue weighted by Crippen LogP contribution is -2.30. The first kappa shape index (κ1) is 22.1. The number of aromatic nitrogens is 2. The van der Waals surface area contributed by atoms with Gasteiger partial charge in [-0.25, -0.2) is 0 Å². The molecule has 0 spiro atoms. The highest BCUT2D eigenvalue weighted by Crippen LogP contribution is 2.42. The molecule has 0 aliphatic carbocycles. The molecule has 1 saturated heterocycles. The van der Waals surface area contributed by atoms with Crippen LogP contribution in [0.5, 0.6) is 11.5 Å². The maximum absolute atomic E-state index is 6.01. The molecule has 0 amide bonds. The number of nitrogens with one attached hydrogen (secondary N) is 1. The van der Waals surface area contributed by atoms with Crippen molar-refractivity contribution in [2.75, 3.05) is 4.90 Å². The molecule has 0 radical (unpaired) electrons. The summed E-state index contributed by atoms with van der Waals surface area (Å²) in [5.41, 5.74) is 4.14. The molecule has 6 rings (SSSR count). The first-order chi connectivity index (χ1) is 17.8. The van der Waals surface area contributed by atoms with Gasteiger partial charge in [0.05, 0.1) is 11.7 Å². The lowest BCUT2D eigenvalue weighted by atomic mass is 10.0. The minimum atomic E-state index is -0.115. The summed E-state index contributed by atoms with van der Waals surface area (Å²) in [6, 6.07) is 38.2. The number of hydrogen-bond acceptors (Lipinski definition) is 3. The van der Waals surface area contributed by atoms with Gasteiger partial charge in [-0.1, -0.05) is 42.5 Å². The highest BCUT2D eigenvalue weighted by molar-refractivity contribution is 7.80. The SMILES string of the molecule is S=C1N[C@H](c2ccccn2)[C@H](c2cccn2-c2ccccc2)N1c1ccc(Oc2ccccc2)cc1. The summed E-state index contributed by atoms with van der Waals surface area (Å²) in [5, 5.41) is 4.20. The van der Waals surface area contributed by atoms with Gasteiger partial charge in [0.25, 0.3) is 0 Å². The number of hydrogen-bond donors (Lipinski definition) is 1. The van der Waals surface area contributed by atoms with E-state index in [4.69, 9.17) is 17.0 Å². The summed E-state index contributed by atoms with van der Waals surface area (Å²) in [6.07, 6.45) is 3.92. The van der Waals surface area contributed by atoms with Crippen LogP contribution in [0.2, 0.25) is 0 Å². The van der Waals surface area contributed by atoms with E-state index in [9.17, 15) is 0 Å². The Hall–Kier alpha value is -4.42. The highest BCUT2D eigenvalue weighted by Gasteiger charge is 2.42. The van der Waals surface area contributed by atoms with Gasteiger partial charge in [-0.15, -0.1) is 0 Å². The van der Waals surface area contributed by atoms with Gasteiger partial charge in [0.2, 0.25) is 0 Å². The molecule has 1 fully saturated rings. The molecule has 5 aromatic rings. The van der Waals surface area contributed by atoms with Crippen LogP contribution in [0.3, 0.4) is 0 Å². The fourth-order valence-electron chi connectivity index (χ4n) is 4.69. The molecule has 2 atom stereocenters. The van der Waals surface area contributed by atoms with Crippen LogP contribution in [0.4, 0.5) is 5.69 Å². The van der Waals surface area contributed by atoms with Crippen LogP contribution in [-0.2, 0) is 0 Å². The number of rotatable bonds is 6. The molecule has 2 aromatic heterocycles. The number of pyridine rings is 1. The van der Waals surface area contributed by atoms with E-state index >= 15 is 0 Å². The maximum atomic E-state index is 6.01. The standard InChI is InChI=1S/C30H24N4OS/c36-30-32-28(26-14-7-8-20-31-26)29(27-15-9-21-33(27)22-10-3-1-4-11-22)34(30)23-16-18-25(19-17-23)35-24-12-5-2-6-13-24/h1-21,28-29H,(H,32,36)/t28-,29+/m1/s1. The predicted octanol–water partition coefficient (Wildman–Crippen LogP) is 6.84. The second-order valence-corrected chi connectivity index (χ2v) is 8.93. The van der Waals surface area contributed by atoms with Crippen molar-refractivity contribution in [2.45, 2.75) is 12.1 Å². The smallest absolute Gasteiger partial charge is 0.174 e. The Balaban J connectivity index is 1.40. The molecular formula is C30H24N4OS. The summed E-state index contributed by atoms with van der Waals surface area (Å²) in [6.45, 7) is 0. The van der Waals surface area contributed by atoms with Crippen LogP contribution in [-0.4, -0.2) is 14.7 Å². The van der Waals surface area contributed by atoms with Crippen molar-refractivity contribution in [1.29, 1.82) is 0 Å². The van der Waals surface area contributed by atoms with Crippen LogP contribution in [0.1, 0.15) is 23.5 Å². The Kier molecular flexibility index (Phi) is 5.93. The second-order valence-electron chi connectivity index (χ2n) is 8.54. The molecule has 6 heteroatoms. The van der Waals surface area contributed by atoms with Crippen molar-refractivity contribution < 1.29 is 4.74 Å². The van der Waals surface area contributed by atoms with Gasteiger partial charge < -0.3 is 19.5 Å². The second kappa shape index (κ2) is 9.68. The van der Waals surface area contributed by atoms with Crippen molar-refractivity contribution in [3.05, 3.63) is 139 Å². The topological polar surface area (TPSA) is 42.3 Å². The van der Waals surface area contributed by atoms with Gasteiger partial charge >= 0.3 is 0 Å². The van der Waals surface area contributed by atoms with Crippen molar-refractivity contribution in [1.82, 2.24) is 14.9 Å². The van der Waals surface area contributed by atoms with E-state index in [0.29, 0.717) is 5.11 Å². The quantitative estimate of drug-likeness (QED) is 0.265. The molecule has 5 nitrogen and oxygen atoms in total. The lowest BCUT2D eigenvalue weighted by molar-refractivity contribution is 0.482. The van der Waals surface area contributed by atoms with Crippen molar-refractivity contribution in [2.24, 2.45) is 0 Å². The molecule has 1 aliphatic heterocycles. The third-order valence-electron chi connectivity index (χ3n) is 6.31. The molecule has 0 saturated carbocycles. The zero-order valence-corrected chi connectivity index (χ0v) is 20.3. The van der Waals surface area contributed by atoms with E-state index in [0.717, 1.165) is 34.3 Å². The van der Waals surface area contributed by atoms with E-state index < -0.39 is 0 Å². The van der Waals surface area contributed by atoms with Gasteiger partial charge in [-0.2, -0.15) is 0 Å². The predicted molar refractivity (Wildman–Crippen MR) is 147 cm³/mol. The summed E-state index contributed by atoms with van der Waals surface area (Å²) >= 11 is 5.89. The third-order valence-corrected chi connectivity index (χ3v) is 6.62. The van der Waals surface area contributed by atoms with E-state index in [1.54, 1.807) is 0 Å². The van der Waals surface area contributed by atoms with Crippen LogP contribution in [0.15, 0.2) is 128 Å². The Morgan fingerprint density at radius 3 is 2.11 bits per heavy atom. The van der Waals surface area contributed by atoms with Gasteiger partial charge in [-0.3, -0.25) is 4.98 Å². The maximum Gasteiger partial charge on any atom is 0.174 e.